The molecule has 4 heteroatoms. The van der Waals surface area contributed by atoms with Gasteiger partial charge in [0, 0.05) is 6.04 Å². The van der Waals surface area contributed by atoms with Crippen LogP contribution in [0.15, 0.2) is 12.1 Å². The largest absolute Gasteiger partial charge is 0.310 e. The van der Waals surface area contributed by atoms with Crippen LogP contribution in [0.25, 0.3) is 0 Å². The molecule has 0 saturated heterocycles. The lowest BCUT2D eigenvalue weighted by atomic mass is 9.92. The Bertz CT molecular complexity index is 410. The van der Waals surface area contributed by atoms with Crippen LogP contribution in [0.1, 0.15) is 45.7 Å². The molecule has 1 aromatic rings. The predicted molar refractivity (Wildman–Crippen MR) is 82.0 cm³/mol. The lowest BCUT2D eigenvalue weighted by molar-refractivity contribution is 0.358. The third-order valence-corrected chi connectivity index (χ3v) is 4.17. The Morgan fingerprint density at radius 3 is 2.28 bits per heavy atom. The summed E-state index contributed by atoms with van der Waals surface area (Å²) in [5.41, 5.74) is 1.31. The average molecular weight is 309 g/mol. The van der Waals surface area contributed by atoms with Crippen molar-refractivity contribution in [1.82, 2.24) is 5.32 Å². The van der Waals surface area contributed by atoms with Gasteiger partial charge in [0.15, 0.2) is 0 Å². The number of benzene rings is 1. The summed E-state index contributed by atoms with van der Waals surface area (Å²) in [4.78, 5) is 0. The lowest BCUT2D eigenvalue weighted by Gasteiger charge is -2.21. The van der Waals surface area contributed by atoms with Crippen molar-refractivity contribution in [2.45, 2.75) is 40.2 Å². The van der Waals surface area contributed by atoms with Crippen molar-refractivity contribution in [3.8, 4) is 0 Å². The minimum absolute atomic E-state index is 0.162. The standard InChI is InChI=1S/C14H20Cl3N/c1-9(18-8-7-14(2,3)4)10-5-6-11(15)13(17)12(10)16/h5-6,9,18H,7-8H2,1-4H3. The van der Waals surface area contributed by atoms with Crippen molar-refractivity contribution in [3.05, 3.63) is 32.8 Å². The second-order valence-electron chi connectivity index (χ2n) is 5.75. The second-order valence-corrected chi connectivity index (χ2v) is 6.91. The van der Waals surface area contributed by atoms with E-state index < -0.39 is 0 Å². The number of nitrogens with one attached hydrogen (secondary N) is 1. The summed E-state index contributed by atoms with van der Waals surface area (Å²) in [5.74, 6) is 0. The zero-order chi connectivity index (χ0) is 13.9. The molecule has 0 aromatic heterocycles. The van der Waals surface area contributed by atoms with E-state index in [1.165, 1.54) is 0 Å². The van der Waals surface area contributed by atoms with Gasteiger partial charge in [-0.25, -0.2) is 0 Å². The molecule has 0 amide bonds. The van der Waals surface area contributed by atoms with Gasteiger partial charge in [-0.15, -0.1) is 0 Å². The first kappa shape index (κ1) is 16.1. The monoisotopic (exact) mass is 307 g/mol. The number of hydrogen-bond donors (Lipinski definition) is 1. The van der Waals surface area contributed by atoms with Crippen LogP contribution in [-0.2, 0) is 0 Å². The van der Waals surface area contributed by atoms with Crippen LogP contribution in [0.5, 0.6) is 0 Å². The highest BCUT2D eigenvalue weighted by molar-refractivity contribution is 6.48. The van der Waals surface area contributed by atoms with Crippen LogP contribution in [0.3, 0.4) is 0 Å². The molecule has 0 aliphatic rings. The number of rotatable bonds is 4. The van der Waals surface area contributed by atoms with E-state index in [0.29, 0.717) is 20.5 Å². The molecule has 0 aliphatic carbocycles. The van der Waals surface area contributed by atoms with E-state index in [4.69, 9.17) is 34.8 Å². The number of halogens is 3. The minimum atomic E-state index is 0.162. The Morgan fingerprint density at radius 1 is 1.11 bits per heavy atom. The molecular weight excluding hydrogens is 289 g/mol. The highest BCUT2D eigenvalue weighted by Crippen LogP contribution is 2.35. The Labute approximate surface area is 125 Å². The molecule has 1 atom stereocenters. The molecule has 0 bridgehead atoms. The maximum atomic E-state index is 6.21. The molecule has 102 valence electrons. The molecule has 0 radical (unpaired) electrons. The van der Waals surface area contributed by atoms with Gasteiger partial charge < -0.3 is 5.32 Å². The van der Waals surface area contributed by atoms with Crippen LogP contribution in [0.2, 0.25) is 15.1 Å². The van der Waals surface area contributed by atoms with Crippen molar-refractivity contribution < 1.29 is 0 Å². The Morgan fingerprint density at radius 2 is 1.72 bits per heavy atom. The van der Waals surface area contributed by atoms with Gasteiger partial charge in [0.25, 0.3) is 0 Å². The highest BCUT2D eigenvalue weighted by atomic mass is 35.5. The summed E-state index contributed by atoms with van der Waals surface area (Å²) in [7, 11) is 0. The van der Waals surface area contributed by atoms with Crippen LogP contribution in [0, 0.1) is 5.41 Å². The maximum Gasteiger partial charge on any atom is 0.0781 e. The van der Waals surface area contributed by atoms with E-state index in [9.17, 15) is 0 Å². The molecule has 0 heterocycles. The zero-order valence-electron chi connectivity index (χ0n) is 11.3. The van der Waals surface area contributed by atoms with Crippen LogP contribution in [0.4, 0.5) is 0 Å². The van der Waals surface area contributed by atoms with Crippen molar-refractivity contribution in [3.63, 3.8) is 0 Å². The molecule has 0 fully saturated rings. The van der Waals surface area contributed by atoms with Gasteiger partial charge in [-0.2, -0.15) is 0 Å². The second kappa shape index (κ2) is 6.47. The molecule has 1 rings (SSSR count). The SMILES string of the molecule is CC(NCCC(C)(C)C)c1ccc(Cl)c(Cl)c1Cl. The van der Waals surface area contributed by atoms with Crippen LogP contribution in [-0.4, -0.2) is 6.54 Å². The molecule has 0 aliphatic heterocycles. The summed E-state index contributed by atoms with van der Waals surface area (Å²) in [6.07, 6.45) is 1.11. The van der Waals surface area contributed by atoms with Crippen molar-refractivity contribution in [2.24, 2.45) is 5.41 Å². The van der Waals surface area contributed by atoms with E-state index in [1.807, 2.05) is 6.07 Å². The van der Waals surface area contributed by atoms with Crippen molar-refractivity contribution >= 4 is 34.8 Å². The fourth-order valence-corrected chi connectivity index (χ4v) is 2.36. The highest BCUT2D eigenvalue weighted by Gasteiger charge is 2.15. The van der Waals surface area contributed by atoms with Gasteiger partial charge in [0.1, 0.15) is 0 Å². The zero-order valence-corrected chi connectivity index (χ0v) is 13.5. The van der Waals surface area contributed by atoms with E-state index in [2.05, 4.69) is 33.0 Å². The topological polar surface area (TPSA) is 12.0 Å². The normalized spacial score (nSPS) is 13.7. The van der Waals surface area contributed by atoms with Gasteiger partial charge in [-0.3, -0.25) is 0 Å². The number of hydrogen-bond acceptors (Lipinski definition) is 1. The van der Waals surface area contributed by atoms with Crippen molar-refractivity contribution in [2.75, 3.05) is 6.54 Å². The fourth-order valence-electron chi connectivity index (χ4n) is 1.65. The Hall–Kier alpha value is 0.0500. The lowest BCUT2D eigenvalue weighted by Crippen LogP contribution is -2.23. The molecule has 1 aromatic carbocycles. The van der Waals surface area contributed by atoms with Gasteiger partial charge in [0.2, 0.25) is 0 Å². The average Bonchev–Trinajstić information content (AvgIpc) is 2.24. The van der Waals surface area contributed by atoms with E-state index in [0.717, 1.165) is 18.5 Å². The van der Waals surface area contributed by atoms with Gasteiger partial charge in [0.05, 0.1) is 15.1 Å². The molecule has 1 nitrogen and oxygen atoms in total. The van der Waals surface area contributed by atoms with Gasteiger partial charge >= 0.3 is 0 Å². The summed E-state index contributed by atoms with van der Waals surface area (Å²) in [6, 6.07) is 3.87. The summed E-state index contributed by atoms with van der Waals surface area (Å²) in [5, 5.41) is 4.92. The minimum Gasteiger partial charge on any atom is -0.310 e. The van der Waals surface area contributed by atoms with E-state index in [1.54, 1.807) is 6.07 Å². The predicted octanol–water partition coefficient (Wildman–Crippen LogP) is 5.73. The first-order valence-corrected chi connectivity index (χ1v) is 7.22. The van der Waals surface area contributed by atoms with E-state index in [-0.39, 0.29) is 6.04 Å². The quantitative estimate of drug-likeness (QED) is 0.700. The first-order valence-electron chi connectivity index (χ1n) is 6.09. The summed E-state index contributed by atoms with van der Waals surface area (Å²) < 4.78 is 0. The molecule has 0 spiro atoms. The Kier molecular flexibility index (Phi) is 5.79. The third-order valence-electron chi connectivity index (χ3n) is 2.86. The summed E-state index contributed by atoms with van der Waals surface area (Å²) in [6.45, 7) is 9.71. The van der Waals surface area contributed by atoms with Crippen molar-refractivity contribution in [1.29, 1.82) is 0 Å². The summed E-state index contributed by atoms with van der Waals surface area (Å²) >= 11 is 18.2. The molecule has 0 saturated carbocycles. The molecular formula is C14H20Cl3N. The molecule has 1 unspecified atom stereocenters. The van der Waals surface area contributed by atoms with Gasteiger partial charge in [-0.05, 0) is 36.9 Å². The van der Waals surface area contributed by atoms with Gasteiger partial charge in [-0.1, -0.05) is 61.6 Å². The molecule has 18 heavy (non-hydrogen) atoms. The van der Waals surface area contributed by atoms with Crippen LogP contribution >= 0.6 is 34.8 Å². The third kappa shape index (κ3) is 4.62. The molecule has 1 N–H and O–H groups in total. The Balaban J connectivity index is 2.68. The van der Waals surface area contributed by atoms with Crippen LogP contribution < -0.4 is 5.32 Å². The van der Waals surface area contributed by atoms with E-state index >= 15 is 0 Å². The smallest absolute Gasteiger partial charge is 0.0781 e. The first-order chi connectivity index (χ1) is 8.22. The maximum absolute atomic E-state index is 6.21. The fraction of sp³-hybridized carbons (Fsp3) is 0.571.